The summed E-state index contributed by atoms with van der Waals surface area (Å²) in [4.78, 5) is 14.0. The van der Waals surface area contributed by atoms with Gasteiger partial charge in [0.2, 0.25) is 0 Å². The minimum Gasteiger partial charge on any atom is -0.364 e. The summed E-state index contributed by atoms with van der Waals surface area (Å²) < 4.78 is 1.78. The van der Waals surface area contributed by atoms with E-state index in [4.69, 9.17) is 5.73 Å². The largest absolute Gasteiger partial charge is 0.364 e. The number of fused-ring (bicyclic) bond motifs is 1. The number of hydrogen-bond donors (Lipinski definition) is 2. The van der Waals surface area contributed by atoms with E-state index in [0.717, 1.165) is 42.0 Å². The molecule has 0 fully saturated rings. The summed E-state index contributed by atoms with van der Waals surface area (Å²) in [7, 11) is 1.87. The van der Waals surface area contributed by atoms with Crippen molar-refractivity contribution in [3.8, 4) is 11.3 Å². The van der Waals surface area contributed by atoms with Gasteiger partial charge in [0.05, 0.1) is 11.9 Å². The molecule has 3 heterocycles. The molecule has 0 unspecified atom stereocenters. The number of nitrogens with two attached hydrogens (primary N) is 1. The molecule has 3 aromatic rings. The van der Waals surface area contributed by atoms with Gasteiger partial charge in [0.1, 0.15) is 0 Å². The molecule has 2 aromatic heterocycles. The Hall–Kier alpha value is -2.93. The third-order valence-electron chi connectivity index (χ3n) is 5.33. The molecular formula is C20H24N6O. The number of carbonyl (C=O) groups is 1. The SMILES string of the molecule is Cc1ccc(C)c(-c2[nH]ncc2CN2CCc3c(c(C(N)=O)nn3C)C2)c1. The molecule has 3 N–H and O–H groups in total. The van der Waals surface area contributed by atoms with Crippen molar-refractivity contribution >= 4 is 5.91 Å². The zero-order chi connectivity index (χ0) is 19.1. The van der Waals surface area contributed by atoms with Gasteiger partial charge in [-0.3, -0.25) is 19.5 Å². The number of H-pyrrole nitrogens is 1. The van der Waals surface area contributed by atoms with E-state index in [0.29, 0.717) is 12.2 Å². The van der Waals surface area contributed by atoms with Crippen LogP contribution >= 0.6 is 0 Å². The lowest BCUT2D eigenvalue weighted by Crippen LogP contribution is -2.31. The molecule has 0 bridgehead atoms. The molecule has 1 amide bonds. The molecule has 1 aliphatic heterocycles. The van der Waals surface area contributed by atoms with Crippen LogP contribution in [0.3, 0.4) is 0 Å². The van der Waals surface area contributed by atoms with Crippen LogP contribution in [0.2, 0.25) is 0 Å². The van der Waals surface area contributed by atoms with E-state index in [2.05, 4.69) is 52.2 Å². The van der Waals surface area contributed by atoms with E-state index in [1.165, 1.54) is 16.7 Å². The summed E-state index contributed by atoms with van der Waals surface area (Å²) in [6.07, 6.45) is 2.74. The number of carbonyl (C=O) groups excluding carboxylic acids is 1. The average Bonchev–Trinajstić information content (AvgIpc) is 3.22. The van der Waals surface area contributed by atoms with Crippen LogP contribution in [0.15, 0.2) is 24.4 Å². The number of hydrogen-bond acceptors (Lipinski definition) is 4. The summed E-state index contributed by atoms with van der Waals surface area (Å²) in [6, 6.07) is 6.44. The Morgan fingerprint density at radius 3 is 2.93 bits per heavy atom. The first kappa shape index (κ1) is 17.5. The first-order valence-corrected chi connectivity index (χ1v) is 9.11. The number of aryl methyl sites for hydroxylation is 3. The Morgan fingerprint density at radius 2 is 2.15 bits per heavy atom. The fraction of sp³-hybridized carbons (Fsp3) is 0.350. The lowest BCUT2D eigenvalue weighted by molar-refractivity contribution is 0.0992. The maximum absolute atomic E-state index is 11.7. The Balaban J connectivity index is 1.61. The normalized spacial score (nSPS) is 14.3. The second-order valence-electron chi connectivity index (χ2n) is 7.31. The Morgan fingerprint density at radius 1 is 1.33 bits per heavy atom. The topological polar surface area (TPSA) is 92.8 Å². The van der Waals surface area contributed by atoms with Gasteiger partial charge in [-0.25, -0.2) is 0 Å². The van der Waals surface area contributed by atoms with Crippen molar-refractivity contribution < 1.29 is 4.79 Å². The molecule has 27 heavy (non-hydrogen) atoms. The van der Waals surface area contributed by atoms with Gasteiger partial charge in [0, 0.05) is 55.5 Å². The summed E-state index contributed by atoms with van der Waals surface area (Å²) in [5, 5.41) is 11.8. The highest BCUT2D eigenvalue weighted by atomic mass is 16.1. The predicted octanol–water partition coefficient (Wildman–Crippen LogP) is 2.08. The number of aromatic nitrogens is 4. The molecule has 0 radical (unpaired) electrons. The zero-order valence-corrected chi connectivity index (χ0v) is 15.9. The standard InChI is InChI=1S/C20H24N6O/c1-12-4-5-13(2)15(8-12)18-14(9-22-23-18)10-26-7-6-17-16(11-26)19(20(21)27)24-25(17)3/h4-5,8-9H,6-7,10-11H2,1-3H3,(H2,21,27)(H,22,23). The van der Waals surface area contributed by atoms with Crippen LogP contribution in [0, 0.1) is 13.8 Å². The molecular weight excluding hydrogens is 340 g/mol. The summed E-state index contributed by atoms with van der Waals surface area (Å²) in [6.45, 7) is 6.53. The highest BCUT2D eigenvalue weighted by Crippen LogP contribution is 2.29. The molecule has 7 heteroatoms. The van der Waals surface area contributed by atoms with Crippen LogP contribution in [0.25, 0.3) is 11.3 Å². The number of nitrogens with zero attached hydrogens (tertiary/aromatic N) is 4. The van der Waals surface area contributed by atoms with Crippen LogP contribution in [0.4, 0.5) is 0 Å². The molecule has 0 saturated carbocycles. The monoisotopic (exact) mass is 364 g/mol. The van der Waals surface area contributed by atoms with Gasteiger partial charge in [0.25, 0.3) is 5.91 Å². The van der Waals surface area contributed by atoms with Crippen molar-refractivity contribution in [2.75, 3.05) is 6.54 Å². The fourth-order valence-electron chi connectivity index (χ4n) is 3.89. The van der Waals surface area contributed by atoms with Crippen molar-refractivity contribution in [1.29, 1.82) is 0 Å². The second-order valence-corrected chi connectivity index (χ2v) is 7.31. The highest BCUT2D eigenvalue weighted by molar-refractivity contribution is 5.92. The molecule has 140 valence electrons. The molecule has 1 aromatic carbocycles. The smallest absolute Gasteiger partial charge is 0.269 e. The number of nitrogens with one attached hydrogen (secondary N) is 1. The lowest BCUT2D eigenvalue weighted by Gasteiger charge is -2.27. The maximum Gasteiger partial charge on any atom is 0.269 e. The highest BCUT2D eigenvalue weighted by Gasteiger charge is 2.26. The first-order chi connectivity index (χ1) is 12.9. The summed E-state index contributed by atoms with van der Waals surface area (Å²) >= 11 is 0. The Labute approximate surface area is 158 Å². The van der Waals surface area contributed by atoms with Crippen LogP contribution < -0.4 is 5.73 Å². The quantitative estimate of drug-likeness (QED) is 0.741. The van der Waals surface area contributed by atoms with Gasteiger partial charge in [-0.15, -0.1) is 0 Å². The number of primary amides is 1. The Bertz CT molecular complexity index is 1020. The number of amides is 1. The van der Waals surface area contributed by atoms with Crippen molar-refractivity contribution in [2.45, 2.75) is 33.4 Å². The van der Waals surface area contributed by atoms with E-state index < -0.39 is 5.91 Å². The summed E-state index contributed by atoms with van der Waals surface area (Å²) in [5.41, 5.74) is 13.8. The third kappa shape index (κ3) is 3.14. The van der Waals surface area contributed by atoms with Crippen molar-refractivity contribution in [3.05, 3.63) is 58.0 Å². The average molecular weight is 364 g/mol. The Kier molecular flexibility index (Phi) is 4.31. The van der Waals surface area contributed by atoms with E-state index in [9.17, 15) is 4.79 Å². The maximum atomic E-state index is 11.7. The van der Waals surface area contributed by atoms with Crippen LogP contribution in [0.1, 0.15) is 38.4 Å². The number of benzene rings is 1. The van der Waals surface area contributed by atoms with Crippen molar-refractivity contribution in [1.82, 2.24) is 24.9 Å². The first-order valence-electron chi connectivity index (χ1n) is 9.11. The lowest BCUT2D eigenvalue weighted by atomic mass is 9.99. The van der Waals surface area contributed by atoms with Gasteiger partial charge in [0.15, 0.2) is 5.69 Å². The molecule has 0 saturated heterocycles. The molecule has 4 rings (SSSR count). The third-order valence-corrected chi connectivity index (χ3v) is 5.33. The summed E-state index contributed by atoms with van der Waals surface area (Å²) in [5.74, 6) is -0.465. The van der Waals surface area contributed by atoms with Gasteiger partial charge in [-0.2, -0.15) is 10.2 Å². The minimum absolute atomic E-state index is 0.388. The van der Waals surface area contributed by atoms with Crippen LogP contribution in [-0.4, -0.2) is 37.3 Å². The fourth-order valence-corrected chi connectivity index (χ4v) is 3.89. The van der Waals surface area contributed by atoms with Crippen LogP contribution in [-0.2, 0) is 26.6 Å². The van der Waals surface area contributed by atoms with E-state index >= 15 is 0 Å². The molecule has 0 spiro atoms. The van der Waals surface area contributed by atoms with Gasteiger partial charge in [-0.05, 0) is 25.5 Å². The molecule has 0 aliphatic carbocycles. The molecule has 1 aliphatic rings. The van der Waals surface area contributed by atoms with Crippen LogP contribution in [0.5, 0.6) is 0 Å². The van der Waals surface area contributed by atoms with Gasteiger partial charge < -0.3 is 5.73 Å². The zero-order valence-electron chi connectivity index (χ0n) is 15.9. The van der Waals surface area contributed by atoms with Gasteiger partial charge >= 0.3 is 0 Å². The van der Waals surface area contributed by atoms with E-state index in [1.54, 1.807) is 4.68 Å². The van der Waals surface area contributed by atoms with E-state index in [1.807, 2.05) is 13.2 Å². The van der Waals surface area contributed by atoms with Crippen molar-refractivity contribution in [3.63, 3.8) is 0 Å². The second kappa shape index (κ2) is 6.66. The van der Waals surface area contributed by atoms with E-state index in [-0.39, 0.29) is 0 Å². The number of rotatable bonds is 4. The van der Waals surface area contributed by atoms with Crippen molar-refractivity contribution in [2.24, 2.45) is 12.8 Å². The number of aromatic amines is 1. The molecule has 7 nitrogen and oxygen atoms in total. The predicted molar refractivity (Wildman–Crippen MR) is 103 cm³/mol. The van der Waals surface area contributed by atoms with Gasteiger partial charge in [-0.1, -0.05) is 17.7 Å². The minimum atomic E-state index is -0.465. The molecule has 0 atom stereocenters.